The fraction of sp³-hybridized carbons (Fsp3) is 0. The summed E-state index contributed by atoms with van der Waals surface area (Å²) in [7, 11) is 0. The van der Waals surface area contributed by atoms with Crippen LogP contribution in [0.2, 0.25) is 0 Å². The summed E-state index contributed by atoms with van der Waals surface area (Å²) in [5.74, 6) is -0.151. The van der Waals surface area contributed by atoms with Crippen LogP contribution in [0.4, 0.5) is 5.69 Å². The minimum atomic E-state index is -0.647. The second-order valence-corrected chi connectivity index (χ2v) is 6.29. The van der Waals surface area contributed by atoms with E-state index in [9.17, 15) is 9.90 Å². The van der Waals surface area contributed by atoms with Crippen molar-refractivity contribution in [1.29, 1.82) is 0 Å². The van der Waals surface area contributed by atoms with Crippen LogP contribution < -0.4 is 5.63 Å². The van der Waals surface area contributed by atoms with Crippen LogP contribution in [0.3, 0.4) is 0 Å². The fourth-order valence-corrected chi connectivity index (χ4v) is 3.09. The quantitative estimate of drug-likeness (QED) is 0.285. The van der Waals surface area contributed by atoms with Crippen LogP contribution in [0.25, 0.3) is 33.0 Å². The number of fused-ring (bicyclic) bond motifs is 3. The molecule has 0 spiro atoms. The lowest BCUT2D eigenvalue weighted by Crippen LogP contribution is -2.06. The molecule has 0 aliphatic carbocycles. The van der Waals surface area contributed by atoms with Gasteiger partial charge in [0.25, 0.3) is 0 Å². The lowest BCUT2D eigenvalue weighted by Gasteiger charge is -2.03. The molecule has 5 aromatic rings. The van der Waals surface area contributed by atoms with Crippen LogP contribution in [0, 0.1) is 0 Å². The highest BCUT2D eigenvalue weighted by atomic mass is 16.4. The van der Waals surface area contributed by atoms with Gasteiger partial charge in [-0.25, -0.2) is 14.8 Å². The van der Waals surface area contributed by atoms with E-state index >= 15 is 0 Å². The summed E-state index contributed by atoms with van der Waals surface area (Å²) in [6, 6.07) is 19.8. The van der Waals surface area contributed by atoms with Crippen molar-refractivity contribution in [2.75, 3.05) is 0 Å². The third-order valence-electron chi connectivity index (χ3n) is 4.49. The summed E-state index contributed by atoms with van der Waals surface area (Å²) in [6.07, 6.45) is 1.31. The lowest BCUT2D eigenvalue weighted by molar-refractivity contribution is 0.466. The van der Waals surface area contributed by atoms with Gasteiger partial charge in [0.2, 0.25) is 0 Å². The first-order chi connectivity index (χ1) is 13.7. The topological polar surface area (TPSA) is 88.6 Å². The molecule has 0 saturated carbocycles. The molecule has 5 rings (SSSR count). The molecule has 0 unspecified atom stereocenters. The van der Waals surface area contributed by atoms with Crippen molar-refractivity contribution in [3.8, 4) is 5.75 Å². The summed E-state index contributed by atoms with van der Waals surface area (Å²) in [5.41, 5.74) is 3.34. The van der Waals surface area contributed by atoms with Gasteiger partial charge in [0.15, 0.2) is 0 Å². The van der Waals surface area contributed by atoms with Crippen molar-refractivity contribution in [2.24, 2.45) is 4.99 Å². The van der Waals surface area contributed by atoms with E-state index in [1.807, 2.05) is 30.3 Å². The molecule has 134 valence electrons. The molecule has 0 fully saturated rings. The zero-order chi connectivity index (χ0) is 19.1. The molecule has 0 saturated heterocycles. The maximum atomic E-state index is 12.2. The molecule has 0 amide bonds. The van der Waals surface area contributed by atoms with Crippen molar-refractivity contribution in [3.05, 3.63) is 82.7 Å². The highest BCUT2D eigenvalue weighted by Gasteiger charge is 2.11. The average Bonchev–Trinajstić information content (AvgIpc) is 2.72. The Labute approximate surface area is 158 Å². The third kappa shape index (κ3) is 2.68. The Morgan fingerprint density at radius 3 is 2.36 bits per heavy atom. The van der Waals surface area contributed by atoms with E-state index in [4.69, 9.17) is 4.42 Å². The van der Waals surface area contributed by atoms with Crippen molar-refractivity contribution in [1.82, 2.24) is 9.97 Å². The second kappa shape index (κ2) is 6.28. The molecule has 0 atom stereocenters. The molecule has 0 aliphatic heterocycles. The summed E-state index contributed by atoms with van der Waals surface area (Å²) < 4.78 is 5.25. The van der Waals surface area contributed by atoms with Gasteiger partial charge in [-0.3, -0.25) is 4.99 Å². The highest BCUT2D eigenvalue weighted by molar-refractivity contribution is 5.95. The lowest BCUT2D eigenvalue weighted by atomic mass is 10.1. The normalized spacial score (nSPS) is 11.7. The van der Waals surface area contributed by atoms with Crippen molar-refractivity contribution < 1.29 is 9.52 Å². The molecule has 0 radical (unpaired) electrons. The molecular formula is C22H13N3O3. The number of aromatic hydroxyl groups is 1. The second-order valence-electron chi connectivity index (χ2n) is 6.29. The third-order valence-corrected chi connectivity index (χ3v) is 4.49. The first-order valence-corrected chi connectivity index (χ1v) is 8.64. The Kier molecular flexibility index (Phi) is 3.62. The van der Waals surface area contributed by atoms with E-state index in [0.717, 1.165) is 16.6 Å². The largest absolute Gasteiger partial charge is 0.506 e. The molecule has 0 aliphatic rings. The maximum Gasteiger partial charge on any atom is 0.348 e. The van der Waals surface area contributed by atoms with Gasteiger partial charge in [-0.15, -0.1) is 0 Å². The van der Waals surface area contributed by atoms with Gasteiger partial charge in [-0.2, -0.15) is 0 Å². The van der Waals surface area contributed by atoms with Gasteiger partial charge in [0, 0.05) is 6.21 Å². The van der Waals surface area contributed by atoms with Gasteiger partial charge >= 0.3 is 5.63 Å². The highest BCUT2D eigenvalue weighted by Crippen LogP contribution is 2.26. The van der Waals surface area contributed by atoms with Gasteiger partial charge in [0.05, 0.1) is 33.1 Å². The number of hydrogen-bond donors (Lipinski definition) is 1. The number of rotatable bonds is 2. The van der Waals surface area contributed by atoms with Crippen LogP contribution in [-0.4, -0.2) is 21.3 Å². The van der Waals surface area contributed by atoms with Crippen LogP contribution in [0.15, 0.2) is 80.9 Å². The standard InChI is InChI=1S/C22H13N3O3/c26-21-14-5-1-4-8-20(14)28-22(27)15(21)12-23-13-9-10-18-19(11-13)25-17-7-3-2-6-16(17)24-18/h1-12,26H. The predicted molar refractivity (Wildman–Crippen MR) is 108 cm³/mol. The van der Waals surface area contributed by atoms with E-state index in [1.165, 1.54) is 6.21 Å². The Morgan fingerprint density at radius 1 is 0.857 bits per heavy atom. The van der Waals surface area contributed by atoms with E-state index in [-0.39, 0.29) is 11.3 Å². The Balaban J connectivity index is 1.59. The Bertz CT molecular complexity index is 1450. The van der Waals surface area contributed by atoms with Crippen molar-refractivity contribution >= 4 is 44.9 Å². The summed E-state index contributed by atoms with van der Waals surface area (Å²) in [4.78, 5) is 25.7. The predicted octanol–water partition coefficient (Wildman–Crippen LogP) is 4.35. The van der Waals surface area contributed by atoms with E-state index in [0.29, 0.717) is 22.2 Å². The molecule has 1 N–H and O–H groups in total. The number of para-hydroxylation sites is 3. The van der Waals surface area contributed by atoms with Crippen molar-refractivity contribution in [2.45, 2.75) is 0 Å². The van der Waals surface area contributed by atoms with Crippen LogP contribution >= 0.6 is 0 Å². The first kappa shape index (κ1) is 16.1. The SMILES string of the molecule is O=c1oc2ccccc2c(O)c1C=Nc1ccc2nc3ccccc3nc2c1. The number of aliphatic imine (C=N–C) groups is 1. The van der Waals surface area contributed by atoms with Gasteiger partial charge in [0.1, 0.15) is 16.9 Å². The average molecular weight is 367 g/mol. The minimum absolute atomic E-state index is 0.00314. The van der Waals surface area contributed by atoms with E-state index in [2.05, 4.69) is 15.0 Å². The summed E-state index contributed by atoms with van der Waals surface area (Å²) in [6.45, 7) is 0. The van der Waals surface area contributed by atoms with Gasteiger partial charge < -0.3 is 9.52 Å². The zero-order valence-corrected chi connectivity index (χ0v) is 14.5. The Hall–Kier alpha value is -4.06. The number of hydrogen-bond acceptors (Lipinski definition) is 6. The summed E-state index contributed by atoms with van der Waals surface area (Å²) >= 11 is 0. The first-order valence-electron chi connectivity index (χ1n) is 8.64. The van der Waals surface area contributed by atoms with Gasteiger partial charge in [-0.05, 0) is 42.5 Å². The molecule has 6 nitrogen and oxygen atoms in total. The van der Waals surface area contributed by atoms with Crippen LogP contribution in [-0.2, 0) is 0 Å². The molecule has 0 bridgehead atoms. The van der Waals surface area contributed by atoms with Crippen LogP contribution in [0.1, 0.15) is 5.56 Å². The molecule has 3 aromatic carbocycles. The zero-order valence-electron chi connectivity index (χ0n) is 14.5. The minimum Gasteiger partial charge on any atom is -0.506 e. The number of aromatic nitrogens is 2. The van der Waals surface area contributed by atoms with Gasteiger partial charge in [-0.1, -0.05) is 24.3 Å². The summed E-state index contributed by atoms with van der Waals surface area (Å²) in [5, 5.41) is 10.9. The molecule has 6 heteroatoms. The number of benzene rings is 3. The van der Waals surface area contributed by atoms with E-state index < -0.39 is 5.63 Å². The van der Waals surface area contributed by atoms with Crippen LogP contribution in [0.5, 0.6) is 5.75 Å². The monoisotopic (exact) mass is 367 g/mol. The Morgan fingerprint density at radius 2 is 1.54 bits per heavy atom. The molecule has 28 heavy (non-hydrogen) atoms. The van der Waals surface area contributed by atoms with E-state index in [1.54, 1.807) is 36.4 Å². The molecule has 2 aromatic heterocycles. The maximum absolute atomic E-state index is 12.2. The molecular weight excluding hydrogens is 354 g/mol. The number of nitrogens with zero attached hydrogens (tertiary/aromatic N) is 3. The van der Waals surface area contributed by atoms with Crippen molar-refractivity contribution in [3.63, 3.8) is 0 Å². The smallest absolute Gasteiger partial charge is 0.348 e. The molecule has 2 heterocycles. The fourth-order valence-electron chi connectivity index (χ4n) is 3.09.